The normalized spacial score (nSPS) is 12.4. The Morgan fingerprint density at radius 2 is 1.04 bits per heavy atom. The molecule has 0 aliphatic rings. The van der Waals surface area contributed by atoms with Crippen LogP contribution in [0.5, 0.6) is 0 Å². The molecule has 6 heteroatoms. The van der Waals surface area contributed by atoms with Crippen LogP contribution < -0.4 is 0 Å². The fourth-order valence-corrected chi connectivity index (χ4v) is 10.5. The number of para-hydroxylation sites is 2. The molecule has 0 saturated carbocycles. The summed E-state index contributed by atoms with van der Waals surface area (Å²) < 4.78 is 13.7. The van der Waals surface area contributed by atoms with Gasteiger partial charge in [-0.2, -0.15) is 0 Å². The third-order valence-electron chi connectivity index (χ3n) is 10.2. The number of nitrogens with zero attached hydrogens (tertiary/aromatic N) is 3. The van der Waals surface area contributed by atoms with Gasteiger partial charge in [0.05, 0.1) is 22.2 Å². The predicted octanol–water partition coefficient (Wildman–Crippen LogP) is 13.0. The SMILES string of the molecule is c1ccc2c(-c3ccc4oc5ccccc5c4c3)nc(-n3c4ccc5c6ccccc6sc5c4c4c5sc6ccccc6c5ccc43)nc2c1. The summed E-state index contributed by atoms with van der Waals surface area (Å²) in [5, 5.41) is 10.9. The zero-order chi connectivity index (χ0) is 32.5. The van der Waals surface area contributed by atoms with Gasteiger partial charge in [-0.05, 0) is 54.6 Å². The van der Waals surface area contributed by atoms with Gasteiger partial charge in [-0.1, -0.05) is 84.9 Å². The highest BCUT2D eigenvalue weighted by Crippen LogP contribution is 2.48. The second-order valence-corrected chi connectivity index (χ2v) is 15.0. The summed E-state index contributed by atoms with van der Waals surface area (Å²) in [4.78, 5) is 10.8. The van der Waals surface area contributed by atoms with Gasteiger partial charge in [-0.25, -0.2) is 9.97 Å². The third kappa shape index (κ3) is 3.53. The lowest BCUT2D eigenvalue weighted by atomic mass is 10.0. The lowest BCUT2D eigenvalue weighted by Crippen LogP contribution is -2.03. The van der Waals surface area contributed by atoms with Crippen molar-refractivity contribution in [2.75, 3.05) is 0 Å². The van der Waals surface area contributed by atoms with Crippen LogP contribution in [-0.4, -0.2) is 14.5 Å². The number of thiophene rings is 2. The van der Waals surface area contributed by atoms with Gasteiger partial charge < -0.3 is 4.42 Å². The van der Waals surface area contributed by atoms with Gasteiger partial charge in [0.2, 0.25) is 5.95 Å². The number of hydrogen-bond acceptors (Lipinski definition) is 5. The van der Waals surface area contributed by atoms with E-state index in [9.17, 15) is 0 Å². The predicted molar refractivity (Wildman–Crippen MR) is 212 cm³/mol. The largest absolute Gasteiger partial charge is 0.456 e. The van der Waals surface area contributed by atoms with Crippen molar-refractivity contribution in [1.82, 2.24) is 14.5 Å². The molecule has 5 heterocycles. The number of rotatable bonds is 2. The Labute approximate surface area is 292 Å². The van der Waals surface area contributed by atoms with Crippen molar-refractivity contribution in [3.05, 3.63) is 140 Å². The van der Waals surface area contributed by atoms with Crippen LogP contribution in [0.25, 0.3) is 112 Å². The maximum atomic E-state index is 6.19. The zero-order valence-electron chi connectivity index (χ0n) is 26.3. The van der Waals surface area contributed by atoms with E-state index in [4.69, 9.17) is 14.4 Å². The highest BCUT2D eigenvalue weighted by Gasteiger charge is 2.23. The van der Waals surface area contributed by atoms with Crippen LogP contribution in [0, 0.1) is 0 Å². The number of fused-ring (bicyclic) bond motifs is 15. The molecule has 0 saturated heterocycles. The highest BCUT2D eigenvalue weighted by atomic mass is 32.1. The van der Waals surface area contributed by atoms with Crippen molar-refractivity contribution in [3.63, 3.8) is 0 Å². The summed E-state index contributed by atoms with van der Waals surface area (Å²) in [5.41, 5.74) is 6.82. The molecule has 50 heavy (non-hydrogen) atoms. The standard InChI is InChI=1S/C44H23N3OS2/c1-5-13-32-30(12-1)41(24-17-22-36-31(23-24)25-9-2-6-14-35(25)48-36)46-44(45-32)47-33-20-18-28-26-10-3-7-15-37(26)49-42(28)39(33)40-34(47)21-19-29-27-11-4-8-16-38(27)50-43(29)40/h1-23H. The van der Waals surface area contributed by atoms with Crippen molar-refractivity contribution >= 4 is 118 Å². The summed E-state index contributed by atoms with van der Waals surface area (Å²) in [7, 11) is 0. The van der Waals surface area contributed by atoms with Crippen LogP contribution in [0.3, 0.4) is 0 Å². The molecular formula is C44H23N3OS2. The van der Waals surface area contributed by atoms with Crippen LogP contribution in [0.1, 0.15) is 0 Å². The van der Waals surface area contributed by atoms with E-state index in [1.165, 1.54) is 51.1 Å². The lowest BCUT2D eigenvalue weighted by molar-refractivity contribution is 0.669. The minimum Gasteiger partial charge on any atom is -0.456 e. The molecule has 0 unspecified atom stereocenters. The molecule has 0 fully saturated rings. The number of benzene rings is 7. The Bertz CT molecular complexity index is 3270. The quantitative estimate of drug-likeness (QED) is 0.183. The van der Waals surface area contributed by atoms with Crippen molar-refractivity contribution in [2.45, 2.75) is 0 Å². The Hall–Kier alpha value is -6.08. The molecule has 7 aromatic carbocycles. The Balaban J connectivity index is 1.23. The van der Waals surface area contributed by atoms with E-state index in [0.717, 1.165) is 55.1 Å². The van der Waals surface area contributed by atoms with Crippen molar-refractivity contribution in [1.29, 1.82) is 0 Å². The topological polar surface area (TPSA) is 43.9 Å². The molecule has 0 atom stereocenters. The van der Waals surface area contributed by atoms with Crippen molar-refractivity contribution in [2.24, 2.45) is 0 Å². The summed E-state index contributed by atoms with van der Waals surface area (Å²) >= 11 is 3.75. The van der Waals surface area contributed by atoms with Gasteiger partial charge in [-0.15, -0.1) is 22.7 Å². The van der Waals surface area contributed by atoms with Gasteiger partial charge in [0, 0.05) is 72.8 Å². The smallest absolute Gasteiger partial charge is 0.235 e. The van der Waals surface area contributed by atoms with E-state index in [1.54, 1.807) is 0 Å². The van der Waals surface area contributed by atoms with E-state index in [1.807, 2.05) is 34.8 Å². The molecule has 0 radical (unpaired) electrons. The summed E-state index contributed by atoms with van der Waals surface area (Å²) in [6.07, 6.45) is 0. The minimum atomic E-state index is 0.664. The minimum absolute atomic E-state index is 0.664. The first-order valence-corrected chi connectivity index (χ1v) is 18.3. The van der Waals surface area contributed by atoms with E-state index in [2.05, 4.69) is 132 Å². The molecule has 12 aromatic rings. The molecule has 0 N–H and O–H groups in total. The maximum Gasteiger partial charge on any atom is 0.235 e. The van der Waals surface area contributed by atoms with Gasteiger partial charge in [0.1, 0.15) is 11.2 Å². The first-order valence-electron chi connectivity index (χ1n) is 16.7. The first-order chi connectivity index (χ1) is 24.8. The monoisotopic (exact) mass is 673 g/mol. The second-order valence-electron chi connectivity index (χ2n) is 12.9. The van der Waals surface area contributed by atoms with Crippen molar-refractivity contribution < 1.29 is 4.42 Å². The van der Waals surface area contributed by atoms with Crippen LogP contribution in [0.15, 0.2) is 144 Å². The number of aromatic nitrogens is 3. The van der Waals surface area contributed by atoms with Crippen LogP contribution in [0.2, 0.25) is 0 Å². The average Bonchev–Trinajstić information content (AvgIpc) is 3.92. The Kier molecular flexibility index (Phi) is 5.23. The van der Waals surface area contributed by atoms with Gasteiger partial charge in [-0.3, -0.25) is 4.57 Å². The average molecular weight is 674 g/mol. The highest BCUT2D eigenvalue weighted by molar-refractivity contribution is 7.28. The third-order valence-corrected chi connectivity index (χ3v) is 12.6. The molecule has 0 aliphatic heterocycles. The van der Waals surface area contributed by atoms with Crippen LogP contribution in [0.4, 0.5) is 0 Å². The molecule has 0 spiro atoms. The van der Waals surface area contributed by atoms with E-state index < -0.39 is 0 Å². The Morgan fingerprint density at radius 1 is 0.460 bits per heavy atom. The zero-order valence-corrected chi connectivity index (χ0v) is 28.0. The fourth-order valence-electron chi connectivity index (χ4n) is 8.02. The fraction of sp³-hybridized carbons (Fsp3) is 0. The van der Waals surface area contributed by atoms with Gasteiger partial charge in [0.25, 0.3) is 0 Å². The summed E-state index contributed by atoms with van der Waals surface area (Å²) in [6.45, 7) is 0. The second kappa shape index (κ2) is 9.76. The molecule has 232 valence electrons. The molecule has 5 aromatic heterocycles. The lowest BCUT2D eigenvalue weighted by Gasteiger charge is -2.12. The van der Waals surface area contributed by atoms with Gasteiger partial charge >= 0.3 is 0 Å². The van der Waals surface area contributed by atoms with E-state index in [-0.39, 0.29) is 0 Å². The van der Waals surface area contributed by atoms with E-state index >= 15 is 0 Å². The van der Waals surface area contributed by atoms with Crippen molar-refractivity contribution in [3.8, 4) is 17.2 Å². The molecule has 4 nitrogen and oxygen atoms in total. The van der Waals surface area contributed by atoms with Gasteiger partial charge in [0.15, 0.2) is 0 Å². The van der Waals surface area contributed by atoms with Crippen LogP contribution in [-0.2, 0) is 0 Å². The molecule has 0 amide bonds. The molecule has 0 bridgehead atoms. The summed E-state index contributed by atoms with van der Waals surface area (Å²) in [5.74, 6) is 0.664. The summed E-state index contributed by atoms with van der Waals surface area (Å²) in [6, 6.07) is 49.6. The Morgan fingerprint density at radius 3 is 1.74 bits per heavy atom. The molecule has 12 rings (SSSR count). The molecule has 0 aliphatic carbocycles. The first kappa shape index (κ1) is 26.8. The number of hydrogen-bond donors (Lipinski definition) is 0. The number of furan rings is 1. The van der Waals surface area contributed by atoms with Crippen LogP contribution >= 0.6 is 22.7 Å². The van der Waals surface area contributed by atoms with E-state index in [0.29, 0.717) is 5.95 Å². The maximum absolute atomic E-state index is 6.19. The molecular weight excluding hydrogens is 651 g/mol.